The van der Waals surface area contributed by atoms with Gasteiger partial charge < -0.3 is 9.47 Å². The Bertz CT molecular complexity index is 594. The lowest BCUT2D eigenvalue weighted by molar-refractivity contribution is -0.136. The molecule has 1 saturated carbocycles. The summed E-state index contributed by atoms with van der Waals surface area (Å²) in [6, 6.07) is 0.577. The Kier molecular flexibility index (Phi) is 5.16. The molecule has 2 heterocycles. The van der Waals surface area contributed by atoms with E-state index >= 15 is 0 Å². The molecule has 23 heavy (non-hydrogen) atoms. The van der Waals surface area contributed by atoms with Gasteiger partial charge in [-0.15, -0.1) is 0 Å². The van der Waals surface area contributed by atoms with Crippen molar-refractivity contribution in [1.29, 1.82) is 0 Å². The number of hydrogen-bond donors (Lipinski definition) is 0. The van der Waals surface area contributed by atoms with Crippen molar-refractivity contribution in [2.24, 2.45) is 5.92 Å². The number of hydrogen-bond acceptors (Lipinski definition) is 4. The molecular weight excluding hydrogens is 310 g/mol. The van der Waals surface area contributed by atoms with Crippen molar-refractivity contribution in [3.8, 4) is 0 Å². The van der Waals surface area contributed by atoms with Crippen LogP contribution < -0.4 is 0 Å². The molecule has 2 aliphatic rings. The van der Waals surface area contributed by atoms with Crippen LogP contribution in [0.15, 0.2) is 6.33 Å². The van der Waals surface area contributed by atoms with Gasteiger partial charge in [-0.25, -0.2) is 4.68 Å². The number of nitrogens with zero attached hydrogens (tertiary/aromatic N) is 5. The van der Waals surface area contributed by atoms with Crippen LogP contribution in [0.5, 0.6) is 0 Å². The molecule has 0 atom stereocenters. The second-order valence-corrected chi connectivity index (χ2v) is 6.96. The average molecular weight is 337 g/mol. The Labute approximate surface area is 143 Å². The van der Waals surface area contributed by atoms with Crippen molar-refractivity contribution in [3.63, 3.8) is 0 Å². The third-order valence-electron chi connectivity index (χ3n) is 5.04. The molecule has 7 heteroatoms. The summed E-state index contributed by atoms with van der Waals surface area (Å²) in [6.45, 7) is 8.34. The summed E-state index contributed by atoms with van der Waals surface area (Å²) < 4.78 is 4.86. The van der Waals surface area contributed by atoms with Crippen molar-refractivity contribution >= 4 is 18.1 Å². The van der Waals surface area contributed by atoms with Gasteiger partial charge in [-0.2, -0.15) is 5.10 Å². The summed E-state index contributed by atoms with van der Waals surface area (Å²) >= 11 is 5.52. The largest absolute Gasteiger partial charge is 0.343 e. The molecule has 0 spiro atoms. The predicted octanol–water partition coefficient (Wildman–Crippen LogP) is 2.29. The van der Waals surface area contributed by atoms with Gasteiger partial charge in [0.05, 0.1) is 6.67 Å². The van der Waals surface area contributed by atoms with Gasteiger partial charge in [0.15, 0.2) is 4.77 Å². The molecule has 0 unspecified atom stereocenters. The van der Waals surface area contributed by atoms with Crippen LogP contribution in [-0.4, -0.2) is 56.2 Å². The average Bonchev–Trinajstić information content (AvgIpc) is 3.35. The maximum atomic E-state index is 12.4. The van der Waals surface area contributed by atoms with E-state index in [2.05, 4.69) is 28.4 Å². The maximum Gasteiger partial charge on any atom is 0.225 e. The van der Waals surface area contributed by atoms with E-state index in [9.17, 15) is 4.79 Å². The van der Waals surface area contributed by atoms with Gasteiger partial charge in [-0.1, -0.05) is 0 Å². The summed E-state index contributed by atoms with van der Waals surface area (Å²) in [7, 11) is 0. The molecule has 3 rings (SSSR count). The van der Waals surface area contributed by atoms with Gasteiger partial charge in [0.2, 0.25) is 5.91 Å². The minimum Gasteiger partial charge on any atom is -0.343 e. The molecule has 1 aromatic heterocycles. The number of aromatic nitrogens is 3. The molecule has 0 N–H and O–H groups in total. The lowest BCUT2D eigenvalue weighted by Gasteiger charge is -2.33. The van der Waals surface area contributed by atoms with Gasteiger partial charge >= 0.3 is 0 Å². The van der Waals surface area contributed by atoms with Crippen LogP contribution in [0, 0.1) is 10.7 Å². The third kappa shape index (κ3) is 3.66. The number of rotatable bonds is 6. The first kappa shape index (κ1) is 16.6. The van der Waals surface area contributed by atoms with Gasteiger partial charge in [-0.3, -0.25) is 9.69 Å². The topological polar surface area (TPSA) is 46.3 Å². The van der Waals surface area contributed by atoms with E-state index in [1.807, 2.05) is 15.9 Å². The van der Waals surface area contributed by atoms with Crippen LogP contribution in [0.2, 0.25) is 0 Å². The zero-order chi connectivity index (χ0) is 16.4. The fourth-order valence-electron chi connectivity index (χ4n) is 3.35. The van der Waals surface area contributed by atoms with E-state index in [0.717, 1.165) is 50.5 Å². The highest BCUT2D eigenvalue weighted by Gasteiger charge is 2.28. The molecule has 128 valence electrons. The molecule has 0 bridgehead atoms. The number of amides is 1. The summed E-state index contributed by atoms with van der Waals surface area (Å²) in [5.41, 5.74) is 0. The van der Waals surface area contributed by atoms with Crippen molar-refractivity contribution in [2.75, 3.05) is 26.2 Å². The smallest absolute Gasteiger partial charge is 0.225 e. The van der Waals surface area contributed by atoms with Gasteiger partial charge in [-0.05, 0) is 51.7 Å². The predicted molar refractivity (Wildman–Crippen MR) is 91.5 cm³/mol. The molecule has 1 aromatic rings. The fraction of sp³-hybridized carbons (Fsp3) is 0.812. The molecule has 1 aliphatic carbocycles. The molecule has 6 nitrogen and oxygen atoms in total. The normalized spacial score (nSPS) is 19.9. The summed E-state index contributed by atoms with van der Waals surface area (Å²) in [6.07, 6.45) is 6.19. The lowest BCUT2D eigenvalue weighted by atomic mass is 9.95. The number of carbonyl (C=O) groups is 1. The standard InChI is InChI=1S/C16H27N5OS/c1-3-19(4-2)15(22)13-7-9-18(10-8-13)12-21-16(23)20(11-17-21)14-5-6-14/h11,13-14H,3-10,12H2,1-2H3. The summed E-state index contributed by atoms with van der Waals surface area (Å²) in [5, 5.41) is 4.44. The molecular formula is C16H27N5OS. The van der Waals surface area contributed by atoms with E-state index in [-0.39, 0.29) is 5.92 Å². The summed E-state index contributed by atoms with van der Waals surface area (Å²) in [4.78, 5) is 16.7. The van der Waals surface area contributed by atoms with Crippen LogP contribution in [0.3, 0.4) is 0 Å². The molecule has 1 saturated heterocycles. The van der Waals surface area contributed by atoms with Crippen LogP contribution in [0.4, 0.5) is 0 Å². The van der Waals surface area contributed by atoms with Crippen LogP contribution in [0.1, 0.15) is 45.6 Å². The summed E-state index contributed by atoms with van der Waals surface area (Å²) in [5.74, 6) is 0.507. The number of likely N-dealkylation sites (tertiary alicyclic amines) is 1. The molecule has 0 radical (unpaired) electrons. The van der Waals surface area contributed by atoms with Crippen LogP contribution in [-0.2, 0) is 11.5 Å². The van der Waals surface area contributed by atoms with E-state index in [0.29, 0.717) is 11.9 Å². The zero-order valence-electron chi connectivity index (χ0n) is 14.1. The maximum absolute atomic E-state index is 12.4. The van der Waals surface area contributed by atoms with Crippen LogP contribution in [0.25, 0.3) is 0 Å². The van der Waals surface area contributed by atoms with Gasteiger partial charge in [0.1, 0.15) is 6.33 Å². The third-order valence-corrected chi connectivity index (χ3v) is 5.46. The second kappa shape index (κ2) is 7.13. The molecule has 0 aromatic carbocycles. The SMILES string of the molecule is CCN(CC)C(=O)C1CCN(Cn2ncn(C3CC3)c2=S)CC1. The molecule has 1 aliphatic heterocycles. The minimum atomic E-state index is 0.183. The first-order chi connectivity index (χ1) is 11.1. The first-order valence-electron chi connectivity index (χ1n) is 8.79. The number of carbonyl (C=O) groups excluding carboxylic acids is 1. The Morgan fingerprint density at radius 3 is 2.48 bits per heavy atom. The van der Waals surface area contributed by atoms with Crippen molar-refractivity contribution < 1.29 is 4.79 Å². The second-order valence-electron chi connectivity index (χ2n) is 6.60. The van der Waals surface area contributed by atoms with Crippen molar-refractivity contribution in [2.45, 2.75) is 52.2 Å². The molecule has 2 fully saturated rings. The van der Waals surface area contributed by atoms with E-state index in [4.69, 9.17) is 12.2 Å². The van der Waals surface area contributed by atoms with Crippen molar-refractivity contribution in [3.05, 3.63) is 11.1 Å². The van der Waals surface area contributed by atoms with E-state index in [1.54, 1.807) is 0 Å². The minimum absolute atomic E-state index is 0.183. The van der Waals surface area contributed by atoms with Gasteiger partial charge in [0, 0.05) is 38.1 Å². The zero-order valence-corrected chi connectivity index (χ0v) is 15.0. The quantitative estimate of drug-likeness (QED) is 0.747. The van der Waals surface area contributed by atoms with E-state index in [1.165, 1.54) is 12.8 Å². The Morgan fingerprint density at radius 2 is 1.91 bits per heavy atom. The Hall–Kier alpha value is -1.21. The first-order valence-corrected chi connectivity index (χ1v) is 9.20. The highest BCUT2D eigenvalue weighted by atomic mass is 32.1. The van der Waals surface area contributed by atoms with Crippen molar-refractivity contribution in [1.82, 2.24) is 24.1 Å². The van der Waals surface area contributed by atoms with Gasteiger partial charge in [0.25, 0.3) is 0 Å². The fourth-order valence-corrected chi connectivity index (χ4v) is 3.66. The molecule has 1 amide bonds. The monoisotopic (exact) mass is 337 g/mol. The highest BCUT2D eigenvalue weighted by molar-refractivity contribution is 7.71. The van der Waals surface area contributed by atoms with E-state index < -0.39 is 0 Å². The Balaban J connectivity index is 1.53. The number of piperidine rings is 1. The highest BCUT2D eigenvalue weighted by Crippen LogP contribution is 2.34. The van der Waals surface area contributed by atoms with Crippen LogP contribution >= 0.6 is 12.2 Å². The lowest BCUT2D eigenvalue weighted by Crippen LogP contribution is -2.43. The Morgan fingerprint density at radius 1 is 1.26 bits per heavy atom.